The standard InChI is InChI=1S/C12H19NO/c1-9-5-4-6-12(7-9)14-11(3)8-10(2)13/h4-7,10-11H,8,13H2,1-3H3. The third kappa shape index (κ3) is 3.79. The van der Waals surface area contributed by atoms with Gasteiger partial charge in [-0.2, -0.15) is 0 Å². The summed E-state index contributed by atoms with van der Waals surface area (Å²) < 4.78 is 5.73. The van der Waals surface area contributed by atoms with Crippen LogP contribution in [0, 0.1) is 6.92 Å². The Morgan fingerprint density at radius 3 is 2.64 bits per heavy atom. The fourth-order valence-corrected chi connectivity index (χ4v) is 1.49. The zero-order valence-electron chi connectivity index (χ0n) is 9.16. The summed E-state index contributed by atoms with van der Waals surface area (Å²) in [6.45, 7) is 6.10. The second-order valence-electron chi connectivity index (χ2n) is 3.96. The lowest BCUT2D eigenvalue weighted by molar-refractivity contribution is 0.203. The predicted octanol–water partition coefficient (Wildman–Crippen LogP) is 2.50. The van der Waals surface area contributed by atoms with Gasteiger partial charge in [0.1, 0.15) is 5.75 Å². The number of hydrogen-bond acceptors (Lipinski definition) is 2. The maximum absolute atomic E-state index is 5.73. The smallest absolute Gasteiger partial charge is 0.119 e. The molecule has 2 N–H and O–H groups in total. The maximum atomic E-state index is 5.73. The molecule has 2 unspecified atom stereocenters. The minimum atomic E-state index is 0.178. The van der Waals surface area contributed by atoms with E-state index in [2.05, 4.69) is 13.0 Å². The van der Waals surface area contributed by atoms with Crippen LogP contribution in [-0.2, 0) is 0 Å². The van der Waals surface area contributed by atoms with Crippen LogP contribution >= 0.6 is 0 Å². The molecule has 2 heteroatoms. The highest BCUT2D eigenvalue weighted by Crippen LogP contribution is 2.15. The van der Waals surface area contributed by atoms with Crippen molar-refractivity contribution in [3.05, 3.63) is 29.8 Å². The van der Waals surface area contributed by atoms with E-state index in [0.29, 0.717) is 0 Å². The van der Waals surface area contributed by atoms with E-state index in [-0.39, 0.29) is 12.1 Å². The minimum absolute atomic E-state index is 0.178. The molecular formula is C12H19NO. The molecule has 1 rings (SSSR count). The Balaban J connectivity index is 2.51. The molecule has 0 spiro atoms. The Morgan fingerprint density at radius 1 is 1.36 bits per heavy atom. The van der Waals surface area contributed by atoms with Gasteiger partial charge >= 0.3 is 0 Å². The van der Waals surface area contributed by atoms with E-state index in [1.807, 2.05) is 32.0 Å². The second kappa shape index (κ2) is 5.01. The molecule has 2 atom stereocenters. The molecule has 14 heavy (non-hydrogen) atoms. The van der Waals surface area contributed by atoms with Gasteiger partial charge in [0.2, 0.25) is 0 Å². The lowest BCUT2D eigenvalue weighted by Crippen LogP contribution is -2.24. The minimum Gasteiger partial charge on any atom is -0.491 e. The van der Waals surface area contributed by atoms with E-state index < -0.39 is 0 Å². The highest BCUT2D eigenvalue weighted by molar-refractivity contribution is 5.27. The first-order valence-electron chi connectivity index (χ1n) is 5.07. The molecule has 78 valence electrons. The van der Waals surface area contributed by atoms with Gasteiger partial charge in [0.05, 0.1) is 6.10 Å². The molecule has 0 fully saturated rings. The quantitative estimate of drug-likeness (QED) is 0.797. The number of aryl methyl sites for hydroxylation is 1. The van der Waals surface area contributed by atoms with Crippen LogP contribution in [0.4, 0.5) is 0 Å². The van der Waals surface area contributed by atoms with Crippen molar-refractivity contribution in [2.45, 2.75) is 39.3 Å². The summed E-state index contributed by atoms with van der Waals surface area (Å²) in [5, 5.41) is 0. The number of ether oxygens (including phenoxy) is 1. The summed E-state index contributed by atoms with van der Waals surface area (Å²) in [6, 6.07) is 8.27. The molecule has 0 radical (unpaired) electrons. The van der Waals surface area contributed by atoms with Gasteiger partial charge in [0, 0.05) is 6.04 Å². The molecule has 0 aliphatic heterocycles. The van der Waals surface area contributed by atoms with E-state index in [4.69, 9.17) is 10.5 Å². The first-order chi connectivity index (χ1) is 6.58. The Hall–Kier alpha value is -1.02. The van der Waals surface area contributed by atoms with Crippen LogP contribution in [0.15, 0.2) is 24.3 Å². The Morgan fingerprint density at radius 2 is 2.07 bits per heavy atom. The molecule has 0 heterocycles. The van der Waals surface area contributed by atoms with Crippen LogP contribution in [-0.4, -0.2) is 12.1 Å². The lowest BCUT2D eigenvalue weighted by Gasteiger charge is -2.16. The zero-order valence-corrected chi connectivity index (χ0v) is 9.16. The summed E-state index contributed by atoms with van der Waals surface area (Å²) >= 11 is 0. The molecule has 1 aromatic carbocycles. The average Bonchev–Trinajstić information content (AvgIpc) is 2.01. The largest absolute Gasteiger partial charge is 0.491 e. The van der Waals surface area contributed by atoms with Crippen molar-refractivity contribution in [3.8, 4) is 5.75 Å². The van der Waals surface area contributed by atoms with Gasteiger partial charge in [-0.1, -0.05) is 12.1 Å². The fraction of sp³-hybridized carbons (Fsp3) is 0.500. The fourth-order valence-electron chi connectivity index (χ4n) is 1.49. The van der Waals surface area contributed by atoms with Crippen LogP contribution in [0.2, 0.25) is 0 Å². The normalized spacial score (nSPS) is 14.9. The van der Waals surface area contributed by atoms with Crippen LogP contribution in [0.1, 0.15) is 25.8 Å². The van der Waals surface area contributed by atoms with E-state index in [0.717, 1.165) is 12.2 Å². The van der Waals surface area contributed by atoms with Crippen molar-refractivity contribution in [1.29, 1.82) is 0 Å². The zero-order chi connectivity index (χ0) is 10.6. The summed E-state index contributed by atoms with van der Waals surface area (Å²) in [4.78, 5) is 0. The summed E-state index contributed by atoms with van der Waals surface area (Å²) in [5.41, 5.74) is 6.91. The molecule has 0 bridgehead atoms. The van der Waals surface area contributed by atoms with Crippen LogP contribution in [0.5, 0.6) is 5.75 Å². The Bertz CT molecular complexity index is 283. The highest BCUT2D eigenvalue weighted by atomic mass is 16.5. The van der Waals surface area contributed by atoms with Crippen LogP contribution in [0.3, 0.4) is 0 Å². The van der Waals surface area contributed by atoms with Gasteiger partial charge in [0.25, 0.3) is 0 Å². The predicted molar refractivity (Wildman–Crippen MR) is 59.5 cm³/mol. The van der Waals surface area contributed by atoms with E-state index in [1.165, 1.54) is 5.56 Å². The molecule has 2 nitrogen and oxygen atoms in total. The van der Waals surface area contributed by atoms with Crippen molar-refractivity contribution in [2.75, 3.05) is 0 Å². The number of rotatable bonds is 4. The Labute approximate surface area is 86.1 Å². The molecule has 0 saturated heterocycles. The SMILES string of the molecule is Cc1cccc(OC(C)CC(C)N)c1. The number of nitrogens with two attached hydrogens (primary N) is 1. The van der Waals surface area contributed by atoms with E-state index >= 15 is 0 Å². The first-order valence-corrected chi connectivity index (χ1v) is 5.07. The molecule has 0 aromatic heterocycles. The van der Waals surface area contributed by atoms with Gasteiger partial charge in [0.15, 0.2) is 0 Å². The molecule has 0 aliphatic carbocycles. The van der Waals surface area contributed by atoms with Crippen molar-refractivity contribution in [2.24, 2.45) is 5.73 Å². The summed E-state index contributed by atoms with van der Waals surface area (Å²) in [7, 11) is 0. The van der Waals surface area contributed by atoms with Gasteiger partial charge in [-0.05, 0) is 44.9 Å². The summed E-state index contributed by atoms with van der Waals surface area (Å²) in [5.74, 6) is 0.929. The lowest BCUT2D eigenvalue weighted by atomic mass is 10.2. The van der Waals surface area contributed by atoms with E-state index in [9.17, 15) is 0 Å². The van der Waals surface area contributed by atoms with Crippen LogP contribution < -0.4 is 10.5 Å². The number of hydrogen-bond donors (Lipinski definition) is 1. The van der Waals surface area contributed by atoms with Gasteiger partial charge in [-0.25, -0.2) is 0 Å². The topological polar surface area (TPSA) is 35.2 Å². The second-order valence-corrected chi connectivity index (χ2v) is 3.96. The van der Waals surface area contributed by atoms with Crippen molar-refractivity contribution in [1.82, 2.24) is 0 Å². The molecular weight excluding hydrogens is 174 g/mol. The van der Waals surface area contributed by atoms with Crippen molar-refractivity contribution < 1.29 is 4.74 Å². The van der Waals surface area contributed by atoms with Gasteiger partial charge < -0.3 is 10.5 Å². The monoisotopic (exact) mass is 193 g/mol. The van der Waals surface area contributed by atoms with Crippen molar-refractivity contribution in [3.63, 3.8) is 0 Å². The van der Waals surface area contributed by atoms with Gasteiger partial charge in [-0.15, -0.1) is 0 Å². The third-order valence-electron chi connectivity index (χ3n) is 2.03. The molecule has 0 aliphatic rings. The number of benzene rings is 1. The molecule has 0 saturated carbocycles. The van der Waals surface area contributed by atoms with E-state index in [1.54, 1.807) is 0 Å². The average molecular weight is 193 g/mol. The van der Waals surface area contributed by atoms with Gasteiger partial charge in [-0.3, -0.25) is 0 Å². The molecule has 0 amide bonds. The summed E-state index contributed by atoms with van der Waals surface area (Å²) in [6.07, 6.45) is 1.06. The molecule has 1 aromatic rings. The van der Waals surface area contributed by atoms with Crippen molar-refractivity contribution >= 4 is 0 Å². The maximum Gasteiger partial charge on any atom is 0.119 e. The Kier molecular flexibility index (Phi) is 3.96. The third-order valence-corrected chi connectivity index (χ3v) is 2.03. The highest BCUT2D eigenvalue weighted by Gasteiger charge is 2.06. The van der Waals surface area contributed by atoms with Crippen LogP contribution in [0.25, 0.3) is 0 Å². The first kappa shape index (κ1) is 11.1.